The van der Waals surface area contributed by atoms with Crippen molar-refractivity contribution in [1.82, 2.24) is 0 Å². The van der Waals surface area contributed by atoms with Crippen molar-refractivity contribution in [3.63, 3.8) is 0 Å². The van der Waals surface area contributed by atoms with Gasteiger partial charge in [0, 0.05) is 5.92 Å². The molecule has 1 rings (SSSR count). The average molecular weight is 263 g/mol. The van der Waals surface area contributed by atoms with Gasteiger partial charge in [-0.1, -0.05) is 20.8 Å². The second-order valence-electron chi connectivity index (χ2n) is 6.06. The highest BCUT2D eigenvalue weighted by Gasteiger charge is 2.59. The van der Waals surface area contributed by atoms with E-state index in [1.165, 1.54) is 18.2 Å². The van der Waals surface area contributed by atoms with E-state index in [0.29, 0.717) is 12.8 Å². The number of isocyanates is 3. The van der Waals surface area contributed by atoms with E-state index in [1.54, 1.807) is 6.92 Å². The quantitative estimate of drug-likeness (QED) is 0.575. The topological polar surface area (TPSA) is 88.3 Å². The first-order chi connectivity index (χ1) is 8.77. The Hall–Kier alpha value is -1.86. The van der Waals surface area contributed by atoms with Crippen molar-refractivity contribution in [3.8, 4) is 0 Å². The van der Waals surface area contributed by atoms with Gasteiger partial charge >= 0.3 is 0 Å². The van der Waals surface area contributed by atoms with Gasteiger partial charge in [-0.25, -0.2) is 14.4 Å². The summed E-state index contributed by atoms with van der Waals surface area (Å²) in [6.07, 6.45) is 5.54. The second-order valence-corrected chi connectivity index (χ2v) is 6.06. The normalized spacial score (nSPS) is 36.3. The molecule has 102 valence electrons. The zero-order chi connectivity index (χ0) is 14.7. The molecule has 1 aliphatic rings. The maximum atomic E-state index is 10.7. The minimum absolute atomic E-state index is 0.116. The minimum atomic E-state index is -1.43. The van der Waals surface area contributed by atoms with Gasteiger partial charge in [0.25, 0.3) is 0 Å². The monoisotopic (exact) mass is 263 g/mol. The first kappa shape index (κ1) is 15.2. The lowest BCUT2D eigenvalue weighted by Gasteiger charge is -2.51. The standard InChI is InChI=1S/C13H17N3O3/c1-10-5-11(2,3)6-12(4,14-7-17)13(10,15-8-18)16-9-19/h10H,5-6H2,1-4H3. The molecule has 0 aromatic carbocycles. The number of carbonyl (C=O) groups excluding carboxylic acids is 3. The molecular weight excluding hydrogens is 246 g/mol. The van der Waals surface area contributed by atoms with Crippen LogP contribution in [0.25, 0.3) is 0 Å². The molecule has 0 aromatic rings. The van der Waals surface area contributed by atoms with E-state index in [2.05, 4.69) is 15.0 Å². The van der Waals surface area contributed by atoms with Gasteiger partial charge in [-0.2, -0.15) is 15.0 Å². The smallest absolute Gasteiger partial charge is 0.211 e. The summed E-state index contributed by atoms with van der Waals surface area (Å²) in [5.41, 5.74) is -2.65. The van der Waals surface area contributed by atoms with Crippen LogP contribution in [0.3, 0.4) is 0 Å². The molecule has 0 heterocycles. The molecule has 2 unspecified atom stereocenters. The van der Waals surface area contributed by atoms with E-state index in [9.17, 15) is 14.4 Å². The van der Waals surface area contributed by atoms with E-state index in [4.69, 9.17) is 0 Å². The highest BCUT2D eigenvalue weighted by molar-refractivity contribution is 5.44. The van der Waals surface area contributed by atoms with Gasteiger partial charge in [0.1, 0.15) is 5.54 Å². The summed E-state index contributed by atoms with van der Waals surface area (Å²) in [7, 11) is 0. The fourth-order valence-electron chi connectivity index (χ4n) is 3.48. The maximum Gasteiger partial charge on any atom is 0.237 e. The molecule has 1 fully saturated rings. The number of rotatable bonds is 3. The number of hydrogen-bond donors (Lipinski definition) is 0. The van der Waals surface area contributed by atoms with Crippen molar-refractivity contribution < 1.29 is 14.4 Å². The van der Waals surface area contributed by atoms with Crippen LogP contribution < -0.4 is 0 Å². The van der Waals surface area contributed by atoms with Crippen molar-refractivity contribution >= 4 is 18.2 Å². The summed E-state index contributed by atoms with van der Waals surface area (Å²) < 4.78 is 0. The van der Waals surface area contributed by atoms with Crippen LogP contribution in [0.15, 0.2) is 15.0 Å². The van der Waals surface area contributed by atoms with Crippen LogP contribution in [0.2, 0.25) is 0 Å². The van der Waals surface area contributed by atoms with Gasteiger partial charge in [-0.3, -0.25) is 0 Å². The highest BCUT2D eigenvalue weighted by atomic mass is 16.1. The molecule has 0 bridgehead atoms. The third-order valence-corrected chi connectivity index (χ3v) is 3.89. The third-order valence-electron chi connectivity index (χ3n) is 3.89. The summed E-state index contributed by atoms with van der Waals surface area (Å²) in [6.45, 7) is 7.53. The predicted molar refractivity (Wildman–Crippen MR) is 67.7 cm³/mol. The van der Waals surface area contributed by atoms with Gasteiger partial charge in [0.05, 0.1) is 0 Å². The molecular formula is C13H17N3O3. The largest absolute Gasteiger partial charge is 0.237 e. The lowest BCUT2D eigenvalue weighted by Crippen LogP contribution is -2.58. The number of hydrogen-bond acceptors (Lipinski definition) is 6. The van der Waals surface area contributed by atoms with Crippen LogP contribution in [0.4, 0.5) is 0 Å². The van der Waals surface area contributed by atoms with Crippen molar-refractivity contribution in [2.75, 3.05) is 0 Å². The van der Waals surface area contributed by atoms with E-state index in [-0.39, 0.29) is 11.3 Å². The molecule has 0 N–H and O–H groups in total. The SMILES string of the molecule is CC1CC(C)(C)CC(C)(N=C=O)C1(N=C=O)N=C=O. The zero-order valence-corrected chi connectivity index (χ0v) is 11.6. The van der Waals surface area contributed by atoms with E-state index >= 15 is 0 Å². The van der Waals surface area contributed by atoms with Gasteiger partial charge in [0.2, 0.25) is 23.9 Å². The molecule has 1 aliphatic carbocycles. The lowest BCUT2D eigenvalue weighted by molar-refractivity contribution is 0.0338. The summed E-state index contributed by atoms with van der Waals surface area (Å²) in [5, 5.41) is 0. The highest BCUT2D eigenvalue weighted by Crippen LogP contribution is 2.53. The molecule has 0 amide bonds. The molecule has 2 atom stereocenters. The van der Waals surface area contributed by atoms with Gasteiger partial charge in [-0.15, -0.1) is 0 Å². The van der Waals surface area contributed by atoms with Crippen molar-refractivity contribution in [3.05, 3.63) is 0 Å². The van der Waals surface area contributed by atoms with Gasteiger partial charge < -0.3 is 0 Å². The second kappa shape index (κ2) is 5.02. The van der Waals surface area contributed by atoms with Crippen LogP contribution in [0.5, 0.6) is 0 Å². The Morgan fingerprint density at radius 1 is 0.947 bits per heavy atom. The fraction of sp³-hybridized carbons (Fsp3) is 0.769. The summed E-state index contributed by atoms with van der Waals surface area (Å²) in [6, 6.07) is 0. The van der Waals surface area contributed by atoms with Crippen molar-refractivity contribution in [2.45, 2.75) is 51.7 Å². The van der Waals surface area contributed by atoms with Gasteiger partial charge in [0.15, 0.2) is 0 Å². The molecule has 0 saturated heterocycles. The van der Waals surface area contributed by atoms with Gasteiger partial charge in [-0.05, 0) is 25.2 Å². The lowest BCUT2D eigenvalue weighted by atomic mass is 9.59. The molecule has 0 aliphatic heterocycles. The average Bonchev–Trinajstić information content (AvgIpc) is 2.25. The van der Waals surface area contributed by atoms with Crippen molar-refractivity contribution in [2.24, 2.45) is 26.3 Å². The van der Waals surface area contributed by atoms with E-state index < -0.39 is 11.2 Å². The third kappa shape index (κ3) is 2.47. The summed E-state index contributed by atoms with van der Waals surface area (Å²) in [4.78, 5) is 43.4. The van der Waals surface area contributed by atoms with Crippen molar-refractivity contribution in [1.29, 1.82) is 0 Å². The molecule has 6 nitrogen and oxygen atoms in total. The summed E-state index contributed by atoms with van der Waals surface area (Å²) >= 11 is 0. The first-order valence-electron chi connectivity index (χ1n) is 6.04. The Labute approximate surface area is 111 Å². The Morgan fingerprint density at radius 3 is 1.84 bits per heavy atom. The van der Waals surface area contributed by atoms with E-state index in [0.717, 1.165) is 0 Å². The molecule has 0 spiro atoms. The maximum absolute atomic E-state index is 10.7. The molecule has 19 heavy (non-hydrogen) atoms. The Balaban J connectivity index is 3.58. The Bertz CT molecular complexity index is 491. The predicted octanol–water partition coefficient (Wildman–Crippen LogP) is 1.90. The Morgan fingerprint density at radius 2 is 1.42 bits per heavy atom. The molecule has 0 aromatic heterocycles. The number of aliphatic imine (C=N–C) groups is 3. The van der Waals surface area contributed by atoms with Crippen LogP contribution in [0.1, 0.15) is 40.5 Å². The minimum Gasteiger partial charge on any atom is -0.211 e. The molecule has 1 saturated carbocycles. The first-order valence-corrected chi connectivity index (χ1v) is 6.04. The van der Waals surface area contributed by atoms with Crippen LogP contribution in [-0.2, 0) is 14.4 Å². The number of nitrogens with zero attached hydrogens (tertiary/aromatic N) is 3. The van der Waals surface area contributed by atoms with Crippen LogP contribution in [0, 0.1) is 11.3 Å². The molecule has 6 heteroatoms. The zero-order valence-electron chi connectivity index (χ0n) is 11.6. The molecule has 0 radical (unpaired) electrons. The van der Waals surface area contributed by atoms with E-state index in [1.807, 2.05) is 20.8 Å². The Kier molecular flexibility index (Phi) is 4.02. The van der Waals surface area contributed by atoms with Crippen LogP contribution in [-0.4, -0.2) is 29.4 Å². The fourth-order valence-corrected chi connectivity index (χ4v) is 3.48. The summed E-state index contributed by atoms with van der Waals surface area (Å²) in [5.74, 6) is -0.249. The van der Waals surface area contributed by atoms with Crippen LogP contribution >= 0.6 is 0 Å².